The molecule has 1 amide bonds. The molecule has 0 fully saturated rings. The van der Waals surface area contributed by atoms with Gasteiger partial charge in [-0.15, -0.1) is 12.4 Å². The number of rotatable bonds is 10. The minimum absolute atomic E-state index is 0. The molecular formula is C16H27ClN2O3. The van der Waals surface area contributed by atoms with Crippen LogP contribution in [0, 0.1) is 0 Å². The zero-order valence-electron chi connectivity index (χ0n) is 13.6. The fourth-order valence-electron chi connectivity index (χ4n) is 1.68. The van der Waals surface area contributed by atoms with Crippen LogP contribution in [-0.4, -0.2) is 45.4 Å². The number of hydrogen-bond acceptors (Lipinski definition) is 4. The summed E-state index contributed by atoms with van der Waals surface area (Å²) < 4.78 is 10.4. The lowest BCUT2D eigenvalue weighted by atomic mass is 10.1. The van der Waals surface area contributed by atoms with Crippen molar-refractivity contribution in [2.24, 2.45) is 0 Å². The molecule has 0 bridgehead atoms. The lowest BCUT2D eigenvalue weighted by molar-refractivity contribution is 0.0657. The van der Waals surface area contributed by atoms with Crippen molar-refractivity contribution < 1.29 is 14.3 Å². The molecule has 22 heavy (non-hydrogen) atoms. The van der Waals surface area contributed by atoms with E-state index in [4.69, 9.17) is 9.47 Å². The largest absolute Gasteiger partial charge is 0.383 e. The van der Waals surface area contributed by atoms with Crippen molar-refractivity contribution in [3.05, 3.63) is 35.4 Å². The number of nitrogens with one attached hydrogen (secondary N) is 2. The summed E-state index contributed by atoms with van der Waals surface area (Å²) in [4.78, 5) is 11.9. The molecule has 0 aliphatic heterocycles. The van der Waals surface area contributed by atoms with Crippen molar-refractivity contribution in [2.45, 2.75) is 26.6 Å². The molecule has 126 valence electrons. The molecule has 1 rings (SSSR count). The Bertz CT molecular complexity index is 410. The molecule has 0 aromatic heterocycles. The maximum Gasteiger partial charge on any atom is 0.251 e. The summed E-state index contributed by atoms with van der Waals surface area (Å²) in [5.41, 5.74) is 1.74. The van der Waals surface area contributed by atoms with E-state index < -0.39 is 0 Å². The van der Waals surface area contributed by atoms with E-state index >= 15 is 0 Å². The van der Waals surface area contributed by atoms with E-state index in [0.717, 1.165) is 18.7 Å². The average Bonchev–Trinajstić information content (AvgIpc) is 2.49. The highest BCUT2D eigenvalue weighted by Gasteiger charge is 2.04. The molecule has 0 spiro atoms. The fraction of sp³-hybridized carbons (Fsp3) is 0.562. The Kier molecular flexibility index (Phi) is 11.8. The van der Waals surface area contributed by atoms with E-state index in [1.165, 1.54) is 0 Å². The molecule has 1 aromatic rings. The molecule has 0 saturated carbocycles. The van der Waals surface area contributed by atoms with Gasteiger partial charge in [0.25, 0.3) is 5.91 Å². The second-order valence-corrected chi connectivity index (χ2v) is 5.06. The second-order valence-electron chi connectivity index (χ2n) is 5.06. The van der Waals surface area contributed by atoms with Crippen molar-refractivity contribution >= 4 is 18.3 Å². The zero-order chi connectivity index (χ0) is 15.5. The molecule has 0 atom stereocenters. The molecule has 0 aliphatic carbocycles. The van der Waals surface area contributed by atoms with Crippen LogP contribution in [0.5, 0.6) is 0 Å². The third-order valence-corrected chi connectivity index (χ3v) is 2.87. The summed E-state index contributed by atoms with van der Waals surface area (Å²) in [6.45, 7) is 7.37. The predicted octanol–water partition coefficient (Wildman–Crippen LogP) is 2.00. The number of halogens is 1. The monoisotopic (exact) mass is 330 g/mol. The summed E-state index contributed by atoms with van der Waals surface area (Å²) in [5, 5.41) is 6.05. The first-order valence-electron chi connectivity index (χ1n) is 7.32. The van der Waals surface area contributed by atoms with Gasteiger partial charge >= 0.3 is 0 Å². The molecule has 0 unspecified atom stereocenters. The highest BCUT2D eigenvalue weighted by atomic mass is 35.5. The quantitative estimate of drug-likeness (QED) is 0.644. The molecule has 0 saturated heterocycles. The smallest absolute Gasteiger partial charge is 0.251 e. The molecule has 5 nitrogen and oxygen atoms in total. The van der Waals surface area contributed by atoms with Crippen molar-refractivity contribution in [2.75, 3.05) is 33.4 Å². The summed E-state index contributed by atoms with van der Waals surface area (Å²) in [5.74, 6) is -0.0557. The summed E-state index contributed by atoms with van der Waals surface area (Å²) in [7, 11) is 1.67. The molecule has 1 aromatic carbocycles. The molecule has 0 heterocycles. The van der Waals surface area contributed by atoms with Gasteiger partial charge in [-0.05, 0) is 31.5 Å². The Balaban J connectivity index is 0.00000441. The number of carbonyl (C=O) groups is 1. The summed E-state index contributed by atoms with van der Waals surface area (Å²) in [6.07, 6.45) is 0.207. The van der Waals surface area contributed by atoms with Crippen molar-refractivity contribution in [3.8, 4) is 0 Å². The Morgan fingerprint density at radius 3 is 2.41 bits per heavy atom. The normalized spacial score (nSPS) is 10.4. The van der Waals surface area contributed by atoms with Crippen LogP contribution in [0.3, 0.4) is 0 Å². The van der Waals surface area contributed by atoms with Crippen LogP contribution in [0.1, 0.15) is 29.8 Å². The fourth-order valence-corrected chi connectivity index (χ4v) is 1.68. The number of amides is 1. The van der Waals surface area contributed by atoms with Gasteiger partial charge in [-0.25, -0.2) is 0 Å². The highest BCUT2D eigenvalue weighted by molar-refractivity contribution is 5.94. The van der Waals surface area contributed by atoms with Gasteiger partial charge in [-0.2, -0.15) is 0 Å². The highest BCUT2D eigenvalue weighted by Crippen LogP contribution is 2.07. The van der Waals surface area contributed by atoms with Crippen molar-refractivity contribution in [1.82, 2.24) is 10.6 Å². The lowest BCUT2D eigenvalue weighted by Gasteiger charge is -2.09. The van der Waals surface area contributed by atoms with Gasteiger partial charge in [0.2, 0.25) is 0 Å². The zero-order valence-corrected chi connectivity index (χ0v) is 14.4. The maximum absolute atomic E-state index is 11.9. The molecule has 6 heteroatoms. The van der Waals surface area contributed by atoms with E-state index in [1.807, 2.05) is 38.1 Å². The van der Waals surface area contributed by atoms with E-state index in [2.05, 4.69) is 10.6 Å². The number of methoxy groups -OCH3 is 1. The first-order valence-corrected chi connectivity index (χ1v) is 7.32. The van der Waals surface area contributed by atoms with Crippen LogP contribution in [0.15, 0.2) is 24.3 Å². The Hall–Kier alpha value is -1.14. The number of ether oxygens (including phenoxy) is 2. The SMILES string of the molecule is COCCNCCNC(=O)c1ccc(COC(C)C)cc1.Cl. The van der Waals surface area contributed by atoms with E-state index in [0.29, 0.717) is 25.3 Å². The lowest BCUT2D eigenvalue weighted by Crippen LogP contribution is -2.33. The maximum atomic E-state index is 11.9. The number of carbonyl (C=O) groups excluding carboxylic acids is 1. The standard InChI is InChI=1S/C16H26N2O3.ClH/c1-13(2)21-12-14-4-6-15(7-5-14)16(19)18-9-8-17-10-11-20-3;/h4-7,13,17H,8-12H2,1-3H3,(H,18,19);1H. The first kappa shape index (κ1) is 20.9. The van der Waals surface area contributed by atoms with Gasteiger partial charge < -0.3 is 20.1 Å². The van der Waals surface area contributed by atoms with Crippen LogP contribution < -0.4 is 10.6 Å². The van der Waals surface area contributed by atoms with Gasteiger partial charge in [-0.3, -0.25) is 4.79 Å². The molecule has 0 radical (unpaired) electrons. The minimum Gasteiger partial charge on any atom is -0.383 e. The topological polar surface area (TPSA) is 59.6 Å². The summed E-state index contributed by atoms with van der Waals surface area (Å²) >= 11 is 0. The third kappa shape index (κ3) is 9.00. The Morgan fingerprint density at radius 1 is 1.14 bits per heavy atom. The second kappa shape index (κ2) is 12.4. The van der Waals surface area contributed by atoms with Gasteiger partial charge in [-0.1, -0.05) is 12.1 Å². The van der Waals surface area contributed by atoms with E-state index in [1.54, 1.807) is 7.11 Å². The predicted molar refractivity (Wildman–Crippen MR) is 90.7 cm³/mol. The first-order chi connectivity index (χ1) is 10.1. The minimum atomic E-state index is -0.0557. The van der Waals surface area contributed by atoms with Gasteiger partial charge in [0.15, 0.2) is 0 Å². The van der Waals surface area contributed by atoms with E-state index in [-0.39, 0.29) is 24.4 Å². The van der Waals surface area contributed by atoms with Crippen LogP contribution in [0.2, 0.25) is 0 Å². The summed E-state index contributed by atoms with van der Waals surface area (Å²) in [6, 6.07) is 7.50. The van der Waals surface area contributed by atoms with Crippen LogP contribution >= 0.6 is 12.4 Å². The van der Waals surface area contributed by atoms with Gasteiger partial charge in [0.05, 0.1) is 19.3 Å². The molecule has 0 aliphatic rings. The van der Waals surface area contributed by atoms with Crippen molar-refractivity contribution in [1.29, 1.82) is 0 Å². The number of benzene rings is 1. The average molecular weight is 331 g/mol. The van der Waals surface area contributed by atoms with Crippen molar-refractivity contribution in [3.63, 3.8) is 0 Å². The van der Waals surface area contributed by atoms with Crippen LogP contribution in [-0.2, 0) is 16.1 Å². The van der Waals surface area contributed by atoms with Crippen LogP contribution in [0.4, 0.5) is 0 Å². The van der Waals surface area contributed by atoms with Gasteiger partial charge in [0.1, 0.15) is 0 Å². The molecular weight excluding hydrogens is 304 g/mol. The molecule has 2 N–H and O–H groups in total. The van der Waals surface area contributed by atoms with E-state index in [9.17, 15) is 4.79 Å². The third-order valence-electron chi connectivity index (χ3n) is 2.87. The van der Waals surface area contributed by atoms with Gasteiger partial charge in [0, 0.05) is 32.3 Å². The van der Waals surface area contributed by atoms with Crippen LogP contribution in [0.25, 0.3) is 0 Å². The number of hydrogen-bond donors (Lipinski definition) is 2. The Morgan fingerprint density at radius 2 is 1.82 bits per heavy atom. The Labute approximate surface area is 139 Å².